The maximum Gasteiger partial charge on any atom is 0.348 e. The van der Waals surface area contributed by atoms with Gasteiger partial charge in [-0.05, 0) is 19.1 Å². The third kappa shape index (κ3) is 3.87. The summed E-state index contributed by atoms with van der Waals surface area (Å²) in [5.41, 5.74) is -0.829. The molecule has 0 radical (unpaired) electrons. The van der Waals surface area contributed by atoms with E-state index >= 15 is 0 Å². The first-order chi connectivity index (χ1) is 11.7. The van der Waals surface area contributed by atoms with Crippen molar-refractivity contribution >= 4 is 23.7 Å². The van der Waals surface area contributed by atoms with Crippen LogP contribution in [0, 0.1) is 10.1 Å². The number of hydrogen-bond donors (Lipinski definition) is 0. The van der Waals surface area contributed by atoms with Gasteiger partial charge in [-0.1, -0.05) is 0 Å². The predicted molar refractivity (Wildman–Crippen MR) is 85.1 cm³/mol. The summed E-state index contributed by atoms with van der Waals surface area (Å²) >= 11 is 0. The minimum atomic E-state index is -1.39. The lowest BCUT2D eigenvalue weighted by atomic mass is 10.1. The topological polar surface area (TPSA) is 114 Å². The van der Waals surface area contributed by atoms with Crippen molar-refractivity contribution in [2.75, 3.05) is 13.7 Å². The van der Waals surface area contributed by atoms with Gasteiger partial charge in [-0.3, -0.25) is 10.1 Å². The average Bonchev–Trinajstić information content (AvgIpc) is 2.50. The van der Waals surface area contributed by atoms with Crippen molar-refractivity contribution in [2.24, 2.45) is 0 Å². The molecule has 0 aliphatic carbocycles. The van der Waals surface area contributed by atoms with Crippen molar-refractivity contribution in [3.8, 4) is 11.5 Å². The Kier molecular flexibility index (Phi) is 4.96. The van der Waals surface area contributed by atoms with E-state index in [0.29, 0.717) is 0 Å². The summed E-state index contributed by atoms with van der Waals surface area (Å²) in [6.07, 6.45) is 1.04. The summed E-state index contributed by atoms with van der Waals surface area (Å²) in [6.45, 7) is 4.81. The Hall–Kier alpha value is -3.10. The van der Waals surface area contributed by atoms with Gasteiger partial charge in [0.05, 0.1) is 30.3 Å². The molecule has 2 rings (SSSR count). The van der Waals surface area contributed by atoms with Crippen molar-refractivity contribution < 1.29 is 33.5 Å². The molecule has 1 saturated heterocycles. The van der Waals surface area contributed by atoms with Crippen molar-refractivity contribution in [1.29, 1.82) is 0 Å². The Labute approximate surface area is 143 Å². The molecule has 1 aliphatic heterocycles. The first-order valence-electron chi connectivity index (χ1n) is 7.36. The molecule has 1 aromatic carbocycles. The van der Waals surface area contributed by atoms with Crippen LogP contribution in [0.1, 0.15) is 26.3 Å². The minimum Gasteiger partial charge on any atom is -0.493 e. The Morgan fingerprint density at radius 3 is 2.28 bits per heavy atom. The quantitative estimate of drug-likeness (QED) is 0.261. The van der Waals surface area contributed by atoms with Crippen LogP contribution >= 0.6 is 0 Å². The van der Waals surface area contributed by atoms with Crippen molar-refractivity contribution in [3.63, 3.8) is 0 Å². The Bertz CT molecular complexity index is 744. The number of carbonyl (C=O) groups is 2. The highest BCUT2D eigenvalue weighted by Gasteiger charge is 2.39. The van der Waals surface area contributed by atoms with Crippen LogP contribution in [0.4, 0.5) is 5.69 Å². The van der Waals surface area contributed by atoms with Gasteiger partial charge in [-0.25, -0.2) is 9.59 Å². The SMILES string of the molecule is CCOc1cc([N+](=O)[O-])c(C=C2C(=O)OC(C)(C)OC2=O)cc1OC. The summed E-state index contributed by atoms with van der Waals surface area (Å²) in [6, 6.07) is 2.47. The molecule has 0 amide bonds. The van der Waals surface area contributed by atoms with Crippen LogP contribution in [0.3, 0.4) is 0 Å². The van der Waals surface area contributed by atoms with E-state index < -0.39 is 28.2 Å². The summed E-state index contributed by atoms with van der Waals surface area (Å²) < 4.78 is 20.4. The number of nitro benzene ring substituents is 1. The summed E-state index contributed by atoms with van der Waals surface area (Å²) in [5, 5.41) is 11.3. The fourth-order valence-corrected chi connectivity index (χ4v) is 2.20. The largest absolute Gasteiger partial charge is 0.493 e. The molecule has 134 valence electrons. The highest BCUT2D eigenvalue weighted by atomic mass is 16.7. The lowest BCUT2D eigenvalue weighted by Gasteiger charge is -2.29. The smallest absolute Gasteiger partial charge is 0.348 e. The van der Waals surface area contributed by atoms with Crippen LogP contribution in [-0.2, 0) is 19.1 Å². The van der Waals surface area contributed by atoms with Gasteiger partial charge in [0.15, 0.2) is 11.5 Å². The maximum atomic E-state index is 12.0. The van der Waals surface area contributed by atoms with E-state index in [4.69, 9.17) is 18.9 Å². The van der Waals surface area contributed by atoms with Crippen LogP contribution in [-0.4, -0.2) is 36.4 Å². The molecule has 9 nitrogen and oxygen atoms in total. The molecule has 0 saturated carbocycles. The number of ether oxygens (including phenoxy) is 4. The zero-order valence-corrected chi connectivity index (χ0v) is 14.2. The van der Waals surface area contributed by atoms with Crippen molar-refractivity contribution in [2.45, 2.75) is 26.6 Å². The molecule has 25 heavy (non-hydrogen) atoms. The molecule has 0 aromatic heterocycles. The highest BCUT2D eigenvalue weighted by Crippen LogP contribution is 2.36. The second-order valence-corrected chi connectivity index (χ2v) is 5.49. The lowest BCUT2D eigenvalue weighted by Crippen LogP contribution is -2.41. The molecule has 1 heterocycles. The Morgan fingerprint density at radius 1 is 1.20 bits per heavy atom. The van der Waals surface area contributed by atoms with E-state index in [0.717, 1.165) is 12.1 Å². The number of nitro groups is 1. The normalized spacial score (nSPS) is 15.9. The number of esters is 2. The fourth-order valence-electron chi connectivity index (χ4n) is 2.20. The molecule has 0 bridgehead atoms. The number of carbonyl (C=O) groups excluding carboxylic acids is 2. The molecule has 0 spiro atoms. The lowest BCUT2D eigenvalue weighted by molar-refractivity contribution is -0.385. The van der Waals surface area contributed by atoms with Crippen LogP contribution < -0.4 is 9.47 Å². The van der Waals surface area contributed by atoms with Gasteiger partial charge in [-0.15, -0.1) is 0 Å². The summed E-state index contributed by atoms with van der Waals surface area (Å²) in [7, 11) is 1.37. The number of hydrogen-bond acceptors (Lipinski definition) is 8. The van der Waals surface area contributed by atoms with Gasteiger partial charge in [0.25, 0.3) is 11.5 Å². The third-order valence-electron chi connectivity index (χ3n) is 3.23. The van der Waals surface area contributed by atoms with Crippen LogP contribution in [0.15, 0.2) is 17.7 Å². The first-order valence-corrected chi connectivity index (χ1v) is 7.36. The van der Waals surface area contributed by atoms with Gasteiger partial charge < -0.3 is 18.9 Å². The van der Waals surface area contributed by atoms with Crippen LogP contribution in [0.25, 0.3) is 6.08 Å². The zero-order valence-electron chi connectivity index (χ0n) is 14.2. The standard InChI is InChI=1S/C16H17NO8/c1-5-23-13-8-11(17(20)21)9(7-12(13)22-4)6-10-14(18)24-16(2,3)25-15(10)19/h6-8H,5H2,1-4H3. The summed E-state index contributed by atoms with van der Waals surface area (Å²) in [4.78, 5) is 34.7. The van der Waals surface area contributed by atoms with Crippen molar-refractivity contribution in [3.05, 3.63) is 33.4 Å². The van der Waals surface area contributed by atoms with Crippen LogP contribution in [0.5, 0.6) is 11.5 Å². The van der Waals surface area contributed by atoms with Gasteiger partial charge >= 0.3 is 11.9 Å². The predicted octanol–water partition coefficient (Wildman–Crippen LogP) is 2.22. The Morgan fingerprint density at radius 2 is 1.80 bits per heavy atom. The second-order valence-electron chi connectivity index (χ2n) is 5.49. The average molecular weight is 351 g/mol. The van der Waals surface area contributed by atoms with E-state index in [-0.39, 0.29) is 29.4 Å². The molecule has 9 heteroatoms. The van der Waals surface area contributed by atoms with E-state index in [1.54, 1.807) is 6.92 Å². The second kappa shape index (κ2) is 6.80. The number of cyclic esters (lactones) is 2. The third-order valence-corrected chi connectivity index (χ3v) is 3.23. The summed E-state index contributed by atoms with van der Waals surface area (Å²) in [5.74, 6) is -2.86. The van der Waals surface area contributed by atoms with Crippen LogP contribution in [0.2, 0.25) is 0 Å². The highest BCUT2D eigenvalue weighted by molar-refractivity contribution is 6.19. The molecule has 1 fully saturated rings. The maximum absolute atomic E-state index is 12.0. The first kappa shape index (κ1) is 18.2. The van der Waals surface area contributed by atoms with Gasteiger partial charge in [-0.2, -0.15) is 0 Å². The number of benzene rings is 1. The molecule has 1 aromatic rings. The van der Waals surface area contributed by atoms with E-state index in [2.05, 4.69) is 0 Å². The number of methoxy groups -OCH3 is 1. The fraction of sp³-hybridized carbons (Fsp3) is 0.375. The molecule has 1 aliphatic rings. The molecule has 0 unspecified atom stereocenters. The van der Waals surface area contributed by atoms with Crippen molar-refractivity contribution in [1.82, 2.24) is 0 Å². The minimum absolute atomic E-state index is 0.0195. The molecular weight excluding hydrogens is 334 g/mol. The number of rotatable bonds is 5. The van der Waals surface area contributed by atoms with E-state index in [1.165, 1.54) is 27.0 Å². The monoisotopic (exact) mass is 351 g/mol. The van der Waals surface area contributed by atoms with Gasteiger partial charge in [0.1, 0.15) is 5.57 Å². The zero-order chi connectivity index (χ0) is 18.8. The van der Waals surface area contributed by atoms with E-state index in [9.17, 15) is 19.7 Å². The van der Waals surface area contributed by atoms with E-state index in [1.807, 2.05) is 0 Å². The molecule has 0 atom stereocenters. The molecular formula is C16H17NO8. The Balaban J connectivity index is 2.56. The van der Waals surface area contributed by atoms with Gasteiger partial charge in [0, 0.05) is 13.8 Å². The van der Waals surface area contributed by atoms with Gasteiger partial charge in [0.2, 0.25) is 0 Å². The number of nitrogens with zero attached hydrogens (tertiary/aromatic N) is 1. The molecule has 0 N–H and O–H groups in total.